The minimum Gasteiger partial charge on any atom is -0.493 e. The van der Waals surface area contributed by atoms with Crippen molar-refractivity contribution in [2.45, 2.75) is 32.2 Å². The predicted molar refractivity (Wildman–Crippen MR) is 135 cm³/mol. The molecule has 0 unspecified atom stereocenters. The highest BCUT2D eigenvalue weighted by molar-refractivity contribution is 7.88. The van der Waals surface area contributed by atoms with Gasteiger partial charge in [0.1, 0.15) is 17.4 Å². The molecule has 0 saturated heterocycles. The van der Waals surface area contributed by atoms with Crippen molar-refractivity contribution < 1.29 is 17.9 Å². The van der Waals surface area contributed by atoms with Gasteiger partial charge in [-0.2, -0.15) is 0 Å². The van der Waals surface area contributed by atoms with Crippen molar-refractivity contribution in [3.8, 4) is 5.75 Å². The molecule has 1 amide bonds. The molecule has 0 aliphatic carbocycles. The van der Waals surface area contributed by atoms with Crippen LogP contribution in [0.3, 0.4) is 0 Å². The number of aromatic nitrogens is 4. The number of fused-ring (bicyclic) bond motifs is 1. The van der Waals surface area contributed by atoms with Crippen LogP contribution in [0.5, 0.6) is 5.75 Å². The average molecular weight is 514 g/mol. The zero-order valence-corrected chi connectivity index (χ0v) is 21.1. The molecular weight excluding hydrogens is 482 g/mol. The number of hydrogen-bond donors (Lipinski definition) is 3. The molecule has 36 heavy (non-hydrogen) atoms. The third-order valence-electron chi connectivity index (χ3n) is 5.69. The van der Waals surface area contributed by atoms with Gasteiger partial charge in [-0.15, -0.1) is 0 Å². The van der Waals surface area contributed by atoms with E-state index in [4.69, 9.17) is 4.74 Å². The average Bonchev–Trinajstić information content (AvgIpc) is 3.52. The summed E-state index contributed by atoms with van der Waals surface area (Å²) in [6, 6.07) is 6.16. The van der Waals surface area contributed by atoms with Gasteiger partial charge in [0.2, 0.25) is 15.9 Å². The fourth-order valence-corrected chi connectivity index (χ4v) is 4.42. The molecule has 0 fully saturated rings. The number of carbonyl (C=O) groups excluding carboxylic acids is 1. The summed E-state index contributed by atoms with van der Waals surface area (Å²) in [5.41, 5.74) is 3.19. The highest BCUT2D eigenvalue weighted by atomic mass is 32.2. The maximum Gasteiger partial charge on any atom is 0.239 e. The molecular formula is C24H31N7O4S. The number of hydrogen-bond acceptors (Lipinski definition) is 8. The van der Waals surface area contributed by atoms with E-state index in [0.717, 1.165) is 42.6 Å². The van der Waals surface area contributed by atoms with Crippen LogP contribution in [-0.4, -0.2) is 66.3 Å². The lowest BCUT2D eigenvalue weighted by Crippen LogP contribution is -2.32. The molecule has 3 heterocycles. The first-order chi connectivity index (χ1) is 17.4. The number of carbonyl (C=O) groups is 1. The fraction of sp³-hybridized carbons (Fsp3) is 0.417. The standard InChI is InChI=1S/C24H31N7O4S/c1-36(33,34)29-8-2-3-20-14-27-22(16-31-11-10-25-17-31)30-24(20)28-15-23(32)26-9-6-18-4-5-21-19(13-18)7-12-35-21/h4-5,10-11,13-14,17,29H,2-3,6-9,12,15-16H2,1H3,(H,26,32)(H,27,28,30). The van der Waals surface area contributed by atoms with Crippen LogP contribution < -0.4 is 20.1 Å². The smallest absolute Gasteiger partial charge is 0.239 e. The molecule has 1 aliphatic rings. The molecule has 3 aromatic rings. The highest BCUT2D eigenvalue weighted by Gasteiger charge is 2.13. The van der Waals surface area contributed by atoms with E-state index < -0.39 is 10.0 Å². The van der Waals surface area contributed by atoms with E-state index in [-0.39, 0.29) is 12.5 Å². The summed E-state index contributed by atoms with van der Waals surface area (Å²) < 4.78 is 32.5. The Morgan fingerprint density at radius 1 is 1.22 bits per heavy atom. The number of rotatable bonds is 13. The molecule has 2 aromatic heterocycles. The molecule has 0 radical (unpaired) electrons. The zero-order chi connectivity index (χ0) is 25.4. The lowest BCUT2D eigenvalue weighted by molar-refractivity contribution is -0.119. The molecule has 11 nitrogen and oxygen atoms in total. The Labute approximate surface area is 210 Å². The van der Waals surface area contributed by atoms with Crippen molar-refractivity contribution in [1.29, 1.82) is 0 Å². The van der Waals surface area contributed by atoms with Crippen molar-refractivity contribution in [2.75, 3.05) is 37.8 Å². The summed E-state index contributed by atoms with van der Waals surface area (Å²) in [5.74, 6) is 1.95. The second kappa shape index (κ2) is 12.0. The first-order valence-electron chi connectivity index (χ1n) is 11.9. The second-order valence-corrected chi connectivity index (χ2v) is 10.5. The molecule has 192 valence electrons. The number of amides is 1. The summed E-state index contributed by atoms with van der Waals surface area (Å²) in [6.45, 7) is 2.07. The molecule has 1 aromatic carbocycles. The van der Waals surface area contributed by atoms with Crippen LogP contribution in [0, 0.1) is 0 Å². The van der Waals surface area contributed by atoms with E-state index in [1.807, 2.05) is 22.9 Å². The summed E-state index contributed by atoms with van der Waals surface area (Å²) in [5, 5.41) is 6.07. The number of nitrogens with one attached hydrogen (secondary N) is 3. The Morgan fingerprint density at radius 2 is 2.11 bits per heavy atom. The maximum absolute atomic E-state index is 12.5. The number of ether oxygens (including phenoxy) is 1. The third kappa shape index (κ3) is 7.75. The van der Waals surface area contributed by atoms with Crippen LogP contribution in [0.25, 0.3) is 0 Å². The Balaban J connectivity index is 1.31. The topological polar surface area (TPSA) is 140 Å². The highest BCUT2D eigenvalue weighted by Crippen LogP contribution is 2.25. The van der Waals surface area contributed by atoms with Gasteiger partial charge in [0, 0.05) is 43.7 Å². The van der Waals surface area contributed by atoms with Gasteiger partial charge in [0.05, 0.1) is 32.3 Å². The number of imidazole rings is 1. The monoisotopic (exact) mass is 513 g/mol. The number of benzene rings is 1. The van der Waals surface area contributed by atoms with Crippen LogP contribution in [0.4, 0.5) is 5.82 Å². The Bertz CT molecular complexity index is 1280. The van der Waals surface area contributed by atoms with Gasteiger partial charge in [0.25, 0.3) is 0 Å². The van der Waals surface area contributed by atoms with Crippen molar-refractivity contribution in [3.05, 3.63) is 65.6 Å². The lowest BCUT2D eigenvalue weighted by Gasteiger charge is -2.13. The Kier molecular flexibility index (Phi) is 8.49. The SMILES string of the molecule is CS(=O)(=O)NCCCc1cnc(Cn2ccnc2)nc1NCC(=O)NCCc1ccc2c(c1)CCO2. The third-order valence-corrected chi connectivity index (χ3v) is 6.42. The molecule has 12 heteroatoms. The number of anilines is 1. The normalized spacial score (nSPS) is 12.7. The molecule has 0 atom stereocenters. The predicted octanol–water partition coefficient (Wildman–Crippen LogP) is 0.909. The van der Waals surface area contributed by atoms with E-state index in [1.54, 1.807) is 18.7 Å². The molecule has 0 saturated carbocycles. The lowest BCUT2D eigenvalue weighted by atomic mass is 10.1. The van der Waals surface area contributed by atoms with Crippen LogP contribution in [0.1, 0.15) is 28.9 Å². The van der Waals surface area contributed by atoms with Gasteiger partial charge >= 0.3 is 0 Å². The van der Waals surface area contributed by atoms with E-state index in [9.17, 15) is 13.2 Å². The molecule has 3 N–H and O–H groups in total. The minimum atomic E-state index is -3.24. The first-order valence-corrected chi connectivity index (χ1v) is 13.8. The summed E-state index contributed by atoms with van der Waals surface area (Å²) >= 11 is 0. The van der Waals surface area contributed by atoms with Gasteiger partial charge in [-0.05, 0) is 36.5 Å². The van der Waals surface area contributed by atoms with Gasteiger partial charge in [0.15, 0.2) is 0 Å². The van der Waals surface area contributed by atoms with Crippen LogP contribution in [0.15, 0.2) is 43.1 Å². The van der Waals surface area contributed by atoms with E-state index >= 15 is 0 Å². The molecule has 0 bridgehead atoms. The van der Waals surface area contributed by atoms with Crippen molar-refractivity contribution in [1.82, 2.24) is 29.6 Å². The van der Waals surface area contributed by atoms with Crippen molar-refractivity contribution in [2.24, 2.45) is 0 Å². The largest absolute Gasteiger partial charge is 0.493 e. The summed E-state index contributed by atoms with van der Waals surface area (Å²) in [4.78, 5) is 25.6. The van der Waals surface area contributed by atoms with Crippen LogP contribution in [0.2, 0.25) is 0 Å². The molecule has 4 rings (SSSR count). The van der Waals surface area contributed by atoms with Crippen LogP contribution >= 0.6 is 0 Å². The number of sulfonamides is 1. The quantitative estimate of drug-likeness (QED) is 0.287. The number of aryl methyl sites for hydroxylation is 1. The van der Waals surface area contributed by atoms with E-state index in [0.29, 0.717) is 44.1 Å². The zero-order valence-electron chi connectivity index (χ0n) is 20.2. The van der Waals surface area contributed by atoms with Gasteiger partial charge < -0.3 is 19.9 Å². The Hall–Kier alpha value is -3.51. The molecule has 0 spiro atoms. The van der Waals surface area contributed by atoms with Crippen LogP contribution in [-0.2, 0) is 40.6 Å². The van der Waals surface area contributed by atoms with Crippen molar-refractivity contribution in [3.63, 3.8) is 0 Å². The maximum atomic E-state index is 12.5. The molecule has 1 aliphatic heterocycles. The number of nitrogens with zero attached hydrogens (tertiary/aromatic N) is 4. The van der Waals surface area contributed by atoms with Gasteiger partial charge in [-0.25, -0.2) is 28.1 Å². The van der Waals surface area contributed by atoms with Gasteiger partial charge in [-0.1, -0.05) is 12.1 Å². The van der Waals surface area contributed by atoms with E-state index in [2.05, 4.69) is 36.4 Å². The van der Waals surface area contributed by atoms with Gasteiger partial charge in [-0.3, -0.25) is 4.79 Å². The van der Waals surface area contributed by atoms with E-state index in [1.165, 1.54) is 5.56 Å². The fourth-order valence-electron chi connectivity index (χ4n) is 3.90. The Morgan fingerprint density at radius 3 is 2.92 bits per heavy atom. The first kappa shape index (κ1) is 25.6. The van der Waals surface area contributed by atoms with Crippen molar-refractivity contribution >= 4 is 21.7 Å². The minimum absolute atomic E-state index is 0.0636. The second-order valence-electron chi connectivity index (χ2n) is 8.66. The summed E-state index contributed by atoms with van der Waals surface area (Å²) in [7, 11) is -3.24. The summed E-state index contributed by atoms with van der Waals surface area (Å²) in [6.07, 6.45) is 10.8.